The Hall–Kier alpha value is -2.97. The van der Waals surface area contributed by atoms with Crippen molar-refractivity contribution in [2.45, 2.75) is 56.4 Å². The molecule has 0 spiro atoms. The first kappa shape index (κ1) is 25.7. The van der Waals surface area contributed by atoms with Crippen LogP contribution in [0.1, 0.15) is 64.8 Å². The standard InChI is InChI=1S/C28H27Cl2N3O4/c29-17-12-13-21(22(30)15-17)26-25(27(35)32-37-16-18-7-5-6-14-31-18)19-8-1-2-9-20(19)28(36)33(26)23-10-3-4-11-24(23)34/h1-2,5-9,12-15,23-26,34H,3-4,10-11,16H2,(H,32,35)/t23-,24-,25+,26-/m1/s1. The fourth-order valence-electron chi connectivity index (χ4n) is 5.42. The van der Waals surface area contributed by atoms with Gasteiger partial charge in [-0.2, -0.15) is 0 Å². The first-order valence-electron chi connectivity index (χ1n) is 12.3. The number of pyridine rings is 1. The summed E-state index contributed by atoms with van der Waals surface area (Å²) in [4.78, 5) is 39.2. The van der Waals surface area contributed by atoms with Crippen LogP contribution in [0.5, 0.6) is 0 Å². The van der Waals surface area contributed by atoms with Crippen molar-refractivity contribution in [2.24, 2.45) is 0 Å². The molecule has 2 amide bonds. The van der Waals surface area contributed by atoms with Crippen LogP contribution in [0.15, 0.2) is 66.9 Å². The highest BCUT2D eigenvalue weighted by atomic mass is 35.5. The molecule has 2 heterocycles. The zero-order chi connectivity index (χ0) is 25.9. The predicted molar refractivity (Wildman–Crippen MR) is 140 cm³/mol. The predicted octanol–water partition coefficient (Wildman–Crippen LogP) is 5.22. The maximum absolute atomic E-state index is 14.0. The van der Waals surface area contributed by atoms with E-state index in [1.807, 2.05) is 6.07 Å². The average Bonchev–Trinajstić information content (AvgIpc) is 2.90. The highest BCUT2D eigenvalue weighted by molar-refractivity contribution is 6.35. The number of aliphatic hydroxyl groups is 1. The third-order valence-corrected chi connectivity index (χ3v) is 7.67. The number of halogens is 2. The van der Waals surface area contributed by atoms with Crippen LogP contribution < -0.4 is 5.48 Å². The van der Waals surface area contributed by atoms with E-state index in [1.165, 1.54) is 0 Å². The maximum Gasteiger partial charge on any atom is 0.255 e. The van der Waals surface area contributed by atoms with Gasteiger partial charge in [-0.05, 0) is 54.3 Å². The third kappa shape index (κ3) is 5.22. The van der Waals surface area contributed by atoms with E-state index in [-0.39, 0.29) is 12.5 Å². The van der Waals surface area contributed by atoms with E-state index in [0.717, 1.165) is 12.8 Å². The van der Waals surface area contributed by atoms with Crippen molar-refractivity contribution in [3.63, 3.8) is 0 Å². The second-order valence-corrected chi connectivity index (χ2v) is 10.2. The van der Waals surface area contributed by atoms with Gasteiger partial charge in [0, 0.05) is 21.8 Å². The number of nitrogens with zero attached hydrogens (tertiary/aromatic N) is 2. The van der Waals surface area contributed by atoms with Crippen LogP contribution >= 0.6 is 23.2 Å². The number of hydrogen-bond donors (Lipinski definition) is 2. The molecular weight excluding hydrogens is 513 g/mol. The molecule has 1 saturated carbocycles. The molecule has 4 atom stereocenters. The Bertz CT molecular complexity index is 1290. The highest BCUT2D eigenvalue weighted by Crippen LogP contribution is 2.47. The van der Waals surface area contributed by atoms with Gasteiger partial charge >= 0.3 is 0 Å². The number of carbonyl (C=O) groups is 2. The summed E-state index contributed by atoms with van der Waals surface area (Å²) in [7, 11) is 0. The fourth-order valence-corrected chi connectivity index (χ4v) is 5.94. The molecule has 9 heteroatoms. The van der Waals surface area contributed by atoms with Crippen molar-refractivity contribution < 1.29 is 19.5 Å². The summed E-state index contributed by atoms with van der Waals surface area (Å²) < 4.78 is 0. The molecule has 2 aromatic carbocycles. The molecule has 0 bridgehead atoms. The van der Waals surface area contributed by atoms with Crippen molar-refractivity contribution in [1.29, 1.82) is 0 Å². The number of amides is 2. The molecule has 1 aliphatic carbocycles. The molecule has 1 aromatic heterocycles. The van der Waals surface area contributed by atoms with Crippen LogP contribution in [0.4, 0.5) is 0 Å². The lowest BCUT2D eigenvalue weighted by Gasteiger charge is -2.48. The average molecular weight is 540 g/mol. The van der Waals surface area contributed by atoms with E-state index in [1.54, 1.807) is 65.7 Å². The molecule has 5 rings (SSSR count). The van der Waals surface area contributed by atoms with Gasteiger partial charge < -0.3 is 10.0 Å². The van der Waals surface area contributed by atoms with Gasteiger partial charge in [-0.25, -0.2) is 5.48 Å². The highest BCUT2D eigenvalue weighted by Gasteiger charge is 2.49. The molecule has 0 unspecified atom stereocenters. The molecule has 2 N–H and O–H groups in total. The van der Waals surface area contributed by atoms with E-state index in [4.69, 9.17) is 28.0 Å². The summed E-state index contributed by atoms with van der Waals surface area (Å²) in [6.45, 7) is 0.0807. The van der Waals surface area contributed by atoms with E-state index in [0.29, 0.717) is 45.3 Å². The van der Waals surface area contributed by atoms with Crippen molar-refractivity contribution >= 4 is 35.0 Å². The molecule has 3 aromatic rings. The van der Waals surface area contributed by atoms with Gasteiger partial charge in [0.1, 0.15) is 6.61 Å². The number of hydrogen-bond acceptors (Lipinski definition) is 5. The summed E-state index contributed by atoms with van der Waals surface area (Å²) in [5, 5.41) is 11.8. The number of carbonyl (C=O) groups excluding carboxylic acids is 2. The Morgan fingerprint density at radius 1 is 1.05 bits per heavy atom. The van der Waals surface area contributed by atoms with E-state index in [9.17, 15) is 14.7 Å². The number of aromatic nitrogens is 1. The number of aliphatic hydroxyl groups excluding tert-OH is 1. The van der Waals surface area contributed by atoms with Gasteiger partial charge in [0.05, 0.1) is 29.8 Å². The summed E-state index contributed by atoms with van der Waals surface area (Å²) in [6, 6.07) is 16.3. The number of fused-ring (bicyclic) bond motifs is 1. The number of nitrogens with one attached hydrogen (secondary N) is 1. The first-order valence-corrected chi connectivity index (χ1v) is 13.1. The molecule has 37 heavy (non-hydrogen) atoms. The van der Waals surface area contributed by atoms with Crippen LogP contribution in [0, 0.1) is 0 Å². The Morgan fingerprint density at radius 2 is 1.84 bits per heavy atom. The topological polar surface area (TPSA) is 91.8 Å². The summed E-state index contributed by atoms with van der Waals surface area (Å²) in [6.07, 6.45) is 3.91. The minimum absolute atomic E-state index is 0.0807. The van der Waals surface area contributed by atoms with Crippen molar-refractivity contribution in [3.8, 4) is 0 Å². The van der Waals surface area contributed by atoms with E-state index < -0.39 is 30.0 Å². The second kappa shape index (κ2) is 11.2. The number of hydroxylamine groups is 1. The van der Waals surface area contributed by atoms with Gasteiger partial charge in [-0.15, -0.1) is 0 Å². The van der Waals surface area contributed by atoms with E-state index >= 15 is 0 Å². The van der Waals surface area contributed by atoms with Crippen LogP contribution in [0.2, 0.25) is 10.0 Å². The van der Waals surface area contributed by atoms with Crippen LogP contribution in [-0.2, 0) is 16.2 Å². The molecule has 0 saturated heterocycles. The van der Waals surface area contributed by atoms with Crippen LogP contribution in [0.3, 0.4) is 0 Å². The van der Waals surface area contributed by atoms with Crippen molar-refractivity contribution in [3.05, 3.63) is 99.3 Å². The van der Waals surface area contributed by atoms with Gasteiger partial charge in [-0.3, -0.25) is 19.4 Å². The molecule has 192 valence electrons. The van der Waals surface area contributed by atoms with Gasteiger partial charge in [0.15, 0.2) is 0 Å². The zero-order valence-corrected chi connectivity index (χ0v) is 21.5. The van der Waals surface area contributed by atoms with Crippen molar-refractivity contribution in [1.82, 2.24) is 15.4 Å². The Kier molecular flexibility index (Phi) is 7.76. The van der Waals surface area contributed by atoms with Gasteiger partial charge in [-0.1, -0.05) is 66.4 Å². The zero-order valence-electron chi connectivity index (χ0n) is 20.0. The second-order valence-electron chi connectivity index (χ2n) is 9.38. The Morgan fingerprint density at radius 3 is 2.59 bits per heavy atom. The normalized spacial score (nSPS) is 23.4. The fraction of sp³-hybridized carbons (Fsp3) is 0.321. The van der Waals surface area contributed by atoms with Gasteiger partial charge in [0.25, 0.3) is 11.8 Å². The summed E-state index contributed by atoms with van der Waals surface area (Å²) in [5.74, 6) is -1.51. The number of benzene rings is 2. The molecule has 2 aliphatic rings. The lowest BCUT2D eigenvalue weighted by Crippen LogP contribution is -2.55. The SMILES string of the molecule is O=C(NOCc1ccccn1)[C@H]1c2ccccc2C(=O)N([C@@H]2CCCC[C@H]2O)[C@@H]1c1ccc(Cl)cc1Cl. The lowest BCUT2D eigenvalue weighted by atomic mass is 9.77. The molecule has 0 radical (unpaired) electrons. The summed E-state index contributed by atoms with van der Waals surface area (Å²) >= 11 is 12.9. The molecule has 7 nitrogen and oxygen atoms in total. The largest absolute Gasteiger partial charge is 0.391 e. The minimum atomic E-state index is -0.842. The Balaban J connectivity index is 1.57. The first-order chi connectivity index (χ1) is 18.0. The lowest BCUT2D eigenvalue weighted by molar-refractivity contribution is -0.138. The van der Waals surface area contributed by atoms with Crippen LogP contribution in [-0.4, -0.2) is 39.0 Å². The summed E-state index contributed by atoms with van der Waals surface area (Å²) in [5.41, 5.74) is 4.81. The molecule has 1 aliphatic heterocycles. The quantitative estimate of drug-likeness (QED) is 0.419. The Labute approximate surface area is 225 Å². The number of rotatable bonds is 6. The van der Waals surface area contributed by atoms with Gasteiger partial charge in [0.2, 0.25) is 0 Å². The molecular formula is C28H27Cl2N3O4. The minimum Gasteiger partial charge on any atom is -0.391 e. The van der Waals surface area contributed by atoms with E-state index in [2.05, 4.69) is 10.5 Å². The maximum atomic E-state index is 14.0. The third-order valence-electron chi connectivity index (χ3n) is 7.11. The molecule has 1 fully saturated rings. The van der Waals surface area contributed by atoms with Crippen LogP contribution in [0.25, 0.3) is 0 Å². The smallest absolute Gasteiger partial charge is 0.255 e. The monoisotopic (exact) mass is 539 g/mol. The van der Waals surface area contributed by atoms with Crippen molar-refractivity contribution in [2.75, 3.05) is 0 Å².